The van der Waals surface area contributed by atoms with Gasteiger partial charge in [0.05, 0.1) is 0 Å². The molecule has 0 N–H and O–H groups in total. The van der Waals surface area contributed by atoms with Gasteiger partial charge in [-0.05, 0) is 74.8 Å². The first-order valence-electron chi connectivity index (χ1n) is 20.0. The summed E-state index contributed by atoms with van der Waals surface area (Å²) >= 11 is 1.79. The van der Waals surface area contributed by atoms with Gasteiger partial charge in [0.25, 0.3) is 0 Å². The lowest BCUT2D eigenvalue weighted by molar-refractivity contribution is 0.660. The van der Waals surface area contributed by atoms with Gasteiger partial charge in [-0.1, -0.05) is 159 Å². The van der Waals surface area contributed by atoms with Gasteiger partial charge < -0.3 is 4.42 Å². The summed E-state index contributed by atoms with van der Waals surface area (Å²) < 4.78 is 9.04. The van der Waals surface area contributed by atoms with Crippen molar-refractivity contribution in [2.75, 3.05) is 0 Å². The van der Waals surface area contributed by atoms with E-state index in [9.17, 15) is 0 Å². The Bertz CT molecular complexity index is 3470. The van der Waals surface area contributed by atoms with Crippen molar-refractivity contribution in [3.05, 3.63) is 187 Å². The Morgan fingerprint density at radius 3 is 1.85 bits per heavy atom. The summed E-state index contributed by atoms with van der Waals surface area (Å²) in [5.41, 5.74) is 14.3. The fraction of sp³-hybridized carbons (Fsp3) is 0.0556. The predicted molar refractivity (Wildman–Crippen MR) is 245 cm³/mol. The van der Waals surface area contributed by atoms with Crippen molar-refractivity contribution in [1.29, 1.82) is 0 Å². The second kappa shape index (κ2) is 12.9. The number of thiophene rings is 1. The van der Waals surface area contributed by atoms with Crippen LogP contribution >= 0.6 is 11.3 Å². The highest BCUT2D eigenvalue weighted by Gasteiger charge is 2.36. The molecule has 0 unspecified atom stereocenters. The number of hydrogen-bond acceptors (Lipinski definition) is 5. The molecule has 0 amide bonds. The van der Waals surface area contributed by atoms with Crippen LogP contribution in [0.1, 0.15) is 25.0 Å². The highest BCUT2D eigenvalue weighted by Crippen LogP contribution is 2.52. The third-order valence-corrected chi connectivity index (χ3v) is 13.3. The van der Waals surface area contributed by atoms with Crippen LogP contribution in [-0.4, -0.2) is 15.0 Å². The standard InChI is InChI=1S/C54H35N3OS/c1-54(2)42-20-8-6-15-37(42)48-36(17-10-21-43(48)54)35-29-30-44-41(31-35)49-39(18-11-22-45(49)58-44)52-55-51(34-27-25-33(26-28-34)32-13-4-3-5-14-32)56-53(57-52)40-19-12-24-47-50(40)38-16-7-9-23-46(38)59-47/h3-31H,1-2H3. The Morgan fingerprint density at radius 1 is 0.407 bits per heavy atom. The molecule has 0 aliphatic heterocycles. The number of furan rings is 1. The molecule has 0 radical (unpaired) electrons. The number of benzene rings is 8. The van der Waals surface area contributed by atoms with Gasteiger partial charge in [0.2, 0.25) is 0 Å². The molecule has 59 heavy (non-hydrogen) atoms. The van der Waals surface area contributed by atoms with Gasteiger partial charge in [0.15, 0.2) is 17.5 Å². The maximum Gasteiger partial charge on any atom is 0.164 e. The number of rotatable bonds is 5. The molecular weight excluding hydrogens is 739 g/mol. The van der Waals surface area contributed by atoms with Crippen LogP contribution in [0.4, 0.5) is 0 Å². The van der Waals surface area contributed by atoms with E-state index in [2.05, 4.69) is 172 Å². The van der Waals surface area contributed by atoms with Gasteiger partial charge in [0, 0.05) is 53.1 Å². The molecule has 0 atom stereocenters. The topological polar surface area (TPSA) is 51.8 Å². The molecule has 0 fully saturated rings. The van der Waals surface area contributed by atoms with E-state index in [0.29, 0.717) is 17.5 Å². The Labute approximate surface area is 345 Å². The monoisotopic (exact) mass is 773 g/mol. The predicted octanol–water partition coefficient (Wildman–Crippen LogP) is 14.8. The molecule has 278 valence electrons. The first-order valence-corrected chi connectivity index (χ1v) is 20.8. The number of hydrogen-bond donors (Lipinski definition) is 0. The Morgan fingerprint density at radius 2 is 1.00 bits per heavy atom. The smallest absolute Gasteiger partial charge is 0.164 e. The summed E-state index contributed by atoms with van der Waals surface area (Å²) in [5.74, 6) is 1.86. The normalized spacial score (nSPS) is 13.1. The van der Waals surface area contributed by atoms with Gasteiger partial charge in [-0.2, -0.15) is 0 Å². The quantitative estimate of drug-likeness (QED) is 0.175. The van der Waals surface area contributed by atoms with E-state index in [1.807, 2.05) is 18.2 Å². The lowest BCUT2D eigenvalue weighted by Crippen LogP contribution is -2.14. The van der Waals surface area contributed by atoms with E-state index in [-0.39, 0.29) is 5.41 Å². The lowest BCUT2D eigenvalue weighted by atomic mass is 9.82. The molecule has 11 aromatic rings. The molecule has 0 saturated carbocycles. The maximum absolute atomic E-state index is 6.60. The second-order valence-corrected chi connectivity index (χ2v) is 17.0. The van der Waals surface area contributed by atoms with Crippen LogP contribution in [0, 0.1) is 0 Å². The molecule has 0 spiro atoms. The summed E-state index contributed by atoms with van der Waals surface area (Å²) in [6.07, 6.45) is 0. The van der Waals surface area contributed by atoms with Gasteiger partial charge in [-0.3, -0.25) is 0 Å². The Balaban J connectivity index is 1.08. The third kappa shape index (κ3) is 5.25. The van der Waals surface area contributed by atoms with Gasteiger partial charge >= 0.3 is 0 Å². The van der Waals surface area contributed by atoms with Crippen molar-refractivity contribution in [3.8, 4) is 67.5 Å². The van der Waals surface area contributed by atoms with E-state index in [4.69, 9.17) is 19.4 Å². The zero-order valence-corrected chi connectivity index (χ0v) is 33.2. The Hall–Kier alpha value is -7.21. The average molecular weight is 774 g/mol. The minimum atomic E-state index is -0.0862. The first kappa shape index (κ1) is 33.9. The van der Waals surface area contributed by atoms with Crippen LogP contribution in [0.15, 0.2) is 180 Å². The summed E-state index contributed by atoms with van der Waals surface area (Å²) in [7, 11) is 0. The fourth-order valence-corrected chi connectivity index (χ4v) is 10.5. The number of nitrogens with zero attached hydrogens (tertiary/aromatic N) is 3. The third-order valence-electron chi connectivity index (χ3n) is 12.2. The van der Waals surface area contributed by atoms with Crippen molar-refractivity contribution in [2.45, 2.75) is 19.3 Å². The van der Waals surface area contributed by atoms with E-state index < -0.39 is 0 Å². The van der Waals surface area contributed by atoms with Gasteiger partial charge in [-0.25, -0.2) is 15.0 Å². The molecule has 4 nitrogen and oxygen atoms in total. The van der Waals surface area contributed by atoms with Crippen LogP contribution in [0.2, 0.25) is 0 Å². The fourth-order valence-electron chi connectivity index (χ4n) is 9.33. The Kier molecular flexibility index (Phi) is 7.41. The van der Waals surface area contributed by atoms with E-state index in [0.717, 1.165) is 55.1 Å². The first-order chi connectivity index (χ1) is 29.0. The molecule has 3 aromatic heterocycles. The van der Waals surface area contributed by atoms with Gasteiger partial charge in [-0.15, -0.1) is 11.3 Å². The molecule has 8 aromatic carbocycles. The second-order valence-electron chi connectivity index (χ2n) is 15.9. The SMILES string of the molecule is CC1(C)c2ccccc2-c2c(-c3ccc4oc5cccc(-c6nc(-c7ccc(-c8ccccc8)cc7)nc(-c7cccc8sc9ccccc9c78)n6)c5c4c3)cccc21. The van der Waals surface area contributed by atoms with Crippen LogP contribution < -0.4 is 0 Å². The van der Waals surface area contributed by atoms with Crippen LogP contribution in [-0.2, 0) is 5.41 Å². The molecule has 12 rings (SSSR count). The summed E-state index contributed by atoms with van der Waals surface area (Å²) in [6, 6.07) is 62.3. The molecular formula is C54H35N3OS. The van der Waals surface area contributed by atoms with Crippen molar-refractivity contribution < 1.29 is 4.42 Å². The number of fused-ring (bicyclic) bond motifs is 9. The molecule has 5 heteroatoms. The molecule has 1 aliphatic rings. The lowest BCUT2D eigenvalue weighted by Gasteiger charge is -2.21. The minimum absolute atomic E-state index is 0.0862. The number of aromatic nitrogens is 3. The van der Waals surface area contributed by atoms with E-state index in [1.165, 1.54) is 48.2 Å². The zero-order valence-electron chi connectivity index (χ0n) is 32.4. The molecule has 3 heterocycles. The van der Waals surface area contributed by atoms with Crippen molar-refractivity contribution in [3.63, 3.8) is 0 Å². The largest absolute Gasteiger partial charge is 0.456 e. The highest BCUT2D eigenvalue weighted by molar-refractivity contribution is 7.25. The highest BCUT2D eigenvalue weighted by atomic mass is 32.1. The molecule has 0 bridgehead atoms. The van der Waals surface area contributed by atoms with Crippen LogP contribution in [0.5, 0.6) is 0 Å². The van der Waals surface area contributed by atoms with Gasteiger partial charge in [0.1, 0.15) is 11.2 Å². The summed E-state index contributed by atoms with van der Waals surface area (Å²) in [4.78, 5) is 15.9. The maximum atomic E-state index is 6.60. The van der Waals surface area contributed by atoms with E-state index >= 15 is 0 Å². The van der Waals surface area contributed by atoms with E-state index in [1.54, 1.807) is 11.3 Å². The summed E-state index contributed by atoms with van der Waals surface area (Å²) in [6.45, 7) is 4.66. The summed E-state index contributed by atoms with van der Waals surface area (Å²) in [5, 5.41) is 4.37. The average Bonchev–Trinajstić information content (AvgIpc) is 3.94. The van der Waals surface area contributed by atoms with Crippen LogP contribution in [0.25, 0.3) is 110 Å². The minimum Gasteiger partial charge on any atom is -0.456 e. The van der Waals surface area contributed by atoms with Crippen molar-refractivity contribution >= 4 is 53.4 Å². The van der Waals surface area contributed by atoms with Crippen LogP contribution in [0.3, 0.4) is 0 Å². The molecule has 1 aliphatic carbocycles. The van der Waals surface area contributed by atoms with Crippen molar-refractivity contribution in [1.82, 2.24) is 15.0 Å². The zero-order chi connectivity index (χ0) is 39.2. The molecule has 0 saturated heterocycles. The van der Waals surface area contributed by atoms with Crippen molar-refractivity contribution in [2.24, 2.45) is 0 Å².